The SMILES string of the molecule is Fc1ccc(-c2nc(Nc3ccc4c(c3)C=NC4)c3cc[nH]c3n2)cc1F. The van der Waals surface area contributed by atoms with Crippen LogP contribution in [0, 0.1) is 11.6 Å². The third-order valence-corrected chi connectivity index (χ3v) is 4.49. The molecule has 0 aliphatic carbocycles. The summed E-state index contributed by atoms with van der Waals surface area (Å²) in [6, 6.07) is 11.5. The van der Waals surface area contributed by atoms with Crippen molar-refractivity contribution in [2.45, 2.75) is 6.54 Å². The number of rotatable bonds is 3. The molecule has 0 amide bonds. The Bertz CT molecular complexity index is 1210. The number of H-pyrrole nitrogens is 1. The number of halogens is 2. The number of aromatic amines is 1. The van der Waals surface area contributed by atoms with Gasteiger partial charge in [-0.3, -0.25) is 4.99 Å². The molecule has 27 heavy (non-hydrogen) atoms. The van der Waals surface area contributed by atoms with Gasteiger partial charge in [0, 0.05) is 23.7 Å². The Balaban J connectivity index is 1.60. The molecule has 5 rings (SSSR count). The van der Waals surface area contributed by atoms with Crippen molar-refractivity contribution in [2.75, 3.05) is 5.32 Å². The van der Waals surface area contributed by atoms with Crippen LogP contribution in [0.3, 0.4) is 0 Å². The number of aromatic nitrogens is 3. The summed E-state index contributed by atoms with van der Waals surface area (Å²) in [4.78, 5) is 16.3. The minimum atomic E-state index is -0.935. The molecule has 5 nitrogen and oxygen atoms in total. The van der Waals surface area contributed by atoms with Gasteiger partial charge in [-0.05, 0) is 47.5 Å². The van der Waals surface area contributed by atoms with E-state index in [-0.39, 0.29) is 0 Å². The molecule has 0 atom stereocenters. The maximum Gasteiger partial charge on any atom is 0.164 e. The first kappa shape index (κ1) is 15.6. The van der Waals surface area contributed by atoms with E-state index in [2.05, 4.69) is 25.3 Å². The predicted molar refractivity (Wildman–Crippen MR) is 100 cm³/mol. The molecule has 0 saturated heterocycles. The van der Waals surface area contributed by atoms with Gasteiger partial charge in [0.25, 0.3) is 0 Å². The first-order valence-electron chi connectivity index (χ1n) is 8.38. The number of nitrogens with zero attached hydrogens (tertiary/aromatic N) is 3. The van der Waals surface area contributed by atoms with Gasteiger partial charge in [-0.2, -0.15) is 0 Å². The van der Waals surface area contributed by atoms with E-state index in [1.807, 2.05) is 30.5 Å². The summed E-state index contributed by atoms with van der Waals surface area (Å²) in [5, 5.41) is 4.10. The predicted octanol–water partition coefficient (Wildman–Crippen LogP) is 4.58. The average molecular weight is 361 g/mol. The summed E-state index contributed by atoms with van der Waals surface area (Å²) in [6.07, 6.45) is 3.61. The first-order valence-corrected chi connectivity index (χ1v) is 8.38. The highest BCUT2D eigenvalue weighted by atomic mass is 19.2. The number of hydrogen-bond donors (Lipinski definition) is 2. The molecule has 0 spiro atoms. The van der Waals surface area contributed by atoms with E-state index in [0.717, 1.165) is 28.8 Å². The standard InChI is InChI=1S/C20H13F2N5/c21-16-4-2-11(8-17(16)22)18-26-19-15(5-6-24-19)20(27-18)25-14-3-1-12-9-23-10-13(12)7-14/h1-8,10H,9H2,(H2,24,25,26,27). The van der Waals surface area contributed by atoms with Crippen LogP contribution in [0.2, 0.25) is 0 Å². The van der Waals surface area contributed by atoms with Crippen LogP contribution in [0.25, 0.3) is 22.4 Å². The average Bonchev–Trinajstić information content (AvgIpc) is 3.32. The van der Waals surface area contributed by atoms with Gasteiger partial charge in [0.1, 0.15) is 11.5 Å². The van der Waals surface area contributed by atoms with Crippen molar-refractivity contribution in [1.29, 1.82) is 0 Å². The third-order valence-electron chi connectivity index (χ3n) is 4.49. The van der Waals surface area contributed by atoms with E-state index in [1.165, 1.54) is 11.6 Å². The van der Waals surface area contributed by atoms with E-state index in [1.54, 1.807) is 6.20 Å². The fourth-order valence-electron chi connectivity index (χ4n) is 3.12. The van der Waals surface area contributed by atoms with Gasteiger partial charge in [0.15, 0.2) is 17.5 Å². The Hall–Kier alpha value is -3.61. The molecule has 132 valence electrons. The van der Waals surface area contributed by atoms with Crippen LogP contribution in [0.1, 0.15) is 11.1 Å². The van der Waals surface area contributed by atoms with Crippen LogP contribution in [-0.4, -0.2) is 21.2 Å². The molecule has 0 fully saturated rings. The summed E-state index contributed by atoms with van der Waals surface area (Å²) < 4.78 is 26.9. The third kappa shape index (κ3) is 2.73. The fraction of sp³-hybridized carbons (Fsp3) is 0.0500. The zero-order chi connectivity index (χ0) is 18.4. The molecule has 2 aromatic carbocycles. The number of benzene rings is 2. The van der Waals surface area contributed by atoms with Gasteiger partial charge in [0.2, 0.25) is 0 Å². The molecule has 0 radical (unpaired) electrons. The molecule has 0 unspecified atom stereocenters. The summed E-state index contributed by atoms with van der Waals surface area (Å²) >= 11 is 0. The van der Waals surface area contributed by atoms with Crippen LogP contribution < -0.4 is 5.32 Å². The largest absolute Gasteiger partial charge is 0.346 e. The molecular weight excluding hydrogens is 348 g/mol. The van der Waals surface area contributed by atoms with E-state index < -0.39 is 11.6 Å². The van der Waals surface area contributed by atoms with Crippen molar-refractivity contribution in [3.8, 4) is 11.4 Å². The highest BCUT2D eigenvalue weighted by molar-refractivity contribution is 5.92. The Morgan fingerprint density at radius 1 is 0.963 bits per heavy atom. The molecular formula is C20H13F2N5. The van der Waals surface area contributed by atoms with E-state index in [4.69, 9.17) is 0 Å². The quantitative estimate of drug-likeness (QED) is 0.561. The Morgan fingerprint density at radius 3 is 2.78 bits per heavy atom. The number of nitrogens with one attached hydrogen (secondary N) is 2. The number of fused-ring (bicyclic) bond motifs is 2. The Kier molecular flexibility index (Phi) is 3.46. The van der Waals surface area contributed by atoms with Crippen LogP contribution in [-0.2, 0) is 6.54 Å². The summed E-state index contributed by atoms with van der Waals surface area (Å²) in [5.41, 5.74) is 4.11. The zero-order valence-electron chi connectivity index (χ0n) is 14.0. The van der Waals surface area contributed by atoms with Crippen LogP contribution in [0.15, 0.2) is 53.7 Å². The molecule has 1 aliphatic rings. The molecule has 2 N–H and O–H groups in total. The number of anilines is 2. The lowest BCUT2D eigenvalue weighted by molar-refractivity contribution is 0.509. The second-order valence-electron chi connectivity index (χ2n) is 6.27. The van der Waals surface area contributed by atoms with Crippen LogP contribution in [0.4, 0.5) is 20.3 Å². The minimum absolute atomic E-state index is 0.300. The summed E-state index contributed by atoms with van der Waals surface area (Å²) in [7, 11) is 0. The van der Waals surface area contributed by atoms with Crippen molar-refractivity contribution in [2.24, 2.45) is 4.99 Å². The lowest BCUT2D eigenvalue weighted by Gasteiger charge is -2.10. The van der Waals surface area contributed by atoms with Gasteiger partial charge in [-0.25, -0.2) is 18.7 Å². The Labute approximate surface area is 152 Å². The van der Waals surface area contributed by atoms with Crippen molar-refractivity contribution in [3.63, 3.8) is 0 Å². The van der Waals surface area contributed by atoms with Gasteiger partial charge in [-0.15, -0.1) is 0 Å². The molecule has 0 saturated carbocycles. The smallest absolute Gasteiger partial charge is 0.164 e. The van der Waals surface area contributed by atoms with Crippen molar-refractivity contribution in [3.05, 3.63) is 71.4 Å². The summed E-state index contributed by atoms with van der Waals surface area (Å²) in [5.74, 6) is -0.960. The summed E-state index contributed by atoms with van der Waals surface area (Å²) in [6.45, 7) is 0.700. The highest BCUT2D eigenvalue weighted by Gasteiger charge is 2.14. The molecule has 0 bridgehead atoms. The lowest BCUT2D eigenvalue weighted by atomic mass is 10.1. The van der Waals surface area contributed by atoms with Crippen molar-refractivity contribution in [1.82, 2.24) is 15.0 Å². The topological polar surface area (TPSA) is 66.0 Å². The van der Waals surface area contributed by atoms with Gasteiger partial charge >= 0.3 is 0 Å². The van der Waals surface area contributed by atoms with Crippen LogP contribution >= 0.6 is 0 Å². The lowest BCUT2D eigenvalue weighted by Crippen LogP contribution is -2.00. The Morgan fingerprint density at radius 2 is 1.89 bits per heavy atom. The second kappa shape index (κ2) is 5.98. The van der Waals surface area contributed by atoms with Gasteiger partial charge in [0.05, 0.1) is 11.9 Å². The maximum atomic E-state index is 13.6. The van der Waals surface area contributed by atoms with Crippen molar-refractivity contribution >= 4 is 28.8 Å². The highest BCUT2D eigenvalue weighted by Crippen LogP contribution is 2.28. The normalized spacial score (nSPS) is 12.5. The van der Waals surface area contributed by atoms with E-state index >= 15 is 0 Å². The molecule has 4 aromatic rings. The van der Waals surface area contributed by atoms with E-state index in [9.17, 15) is 8.78 Å². The maximum absolute atomic E-state index is 13.6. The first-order chi connectivity index (χ1) is 13.2. The molecule has 2 aromatic heterocycles. The molecule has 7 heteroatoms. The molecule has 3 heterocycles. The van der Waals surface area contributed by atoms with Crippen LogP contribution in [0.5, 0.6) is 0 Å². The minimum Gasteiger partial charge on any atom is -0.346 e. The fourth-order valence-corrected chi connectivity index (χ4v) is 3.12. The second-order valence-corrected chi connectivity index (χ2v) is 6.27. The van der Waals surface area contributed by atoms with E-state index in [0.29, 0.717) is 29.4 Å². The van der Waals surface area contributed by atoms with Gasteiger partial charge < -0.3 is 10.3 Å². The number of hydrogen-bond acceptors (Lipinski definition) is 4. The zero-order valence-corrected chi connectivity index (χ0v) is 14.0. The van der Waals surface area contributed by atoms with Crippen molar-refractivity contribution < 1.29 is 8.78 Å². The monoisotopic (exact) mass is 361 g/mol. The molecule has 1 aliphatic heterocycles. The number of aliphatic imine (C=N–C) groups is 1. The van der Waals surface area contributed by atoms with Gasteiger partial charge in [-0.1, -0.05) is 6.07 Å².